The average Bonchev–Trinajstić information content (AvgIpc) is 2.75. The molecule has 3 atom stereocenters. The molecule has 1 saturated carbocycles. The Hall–Kier alpha value is -0.990. The summed E-state index contributed by atoms with van der Waals surface area (Å²) >= 11 is 0. The maximum atomic E-state index is 12.2. The maximum Gasteiger partial charge on any atom is 0.337 e. The lowest BCUT2D eigenvalue weighted by Crippen LogP contribution is -2.36. The highest BCUT2D eigenvalue weighted by Crippen LogP contribution is 2.36. The predicted molar refractivity (Wildman–Crippen MR) is 74.7 cm³/mol. The van der Waals surface area contributed by atoms with E-state index < -0.39 is 0 Å². The monoisotopic (exact) mass is 266 g/mol. The second-order valence-corrected chi connectivity index (χ2v) is 6.55. The lowest BCUT2D eigenvalue weighted by atomic mass is 9.75. The molecule has 0 aromatic rings. The van der Waals surface area contributed by atoms with Crippen molar-refractivity contribution < 1.29 is 14.6 Å². The van der Waals surface area contributed by atoms with E-state index in [0.717, 1.165) is 19.3 Å². The molecule has 0 spiro atoms. The van der Waals surface area contributed by atoms with Gasteiger partial charge in [0.2, 0.25) is 0 Å². The van der Waals surface area contributed by atoms with Crippen LogP contribution in [-0.2, 0) is 9.53 Å². The molecule has 1 N–H and O–H groups in total. The Morgan fingerprint density at radius 3 is 2.63 bits per heavy atom. The van der Waals surface area contributed by atoms with Gasteiger partial charge in [0.1, 0.15) is 11.9 Å². The van der Waals surface area contributed by atoms with E-state index in [1.165, 1.54) is 6.42 Å². The van der Waals surface area contributed by atoms with E-state index in [4.69, 9.17) is 4.74 Å². The standard InChI is InChI=1S/C16H26O3/c1-10(2)12-8-7-11(3)9-15(12)19-16(18)13-5-4-6-14(13)17/h10-12,15,17H,4-9H2,1-3H3/t11-,12+,15-/m1/s1. The molecule has 2 aliphatic carbocycles. The van der Waals surface area contributed by atoms with Gasteiger partial charge in [-0.3, -0.25) is 0 Å². The van der Waals surface area contributed by atoms with Crippen molar-refractivity contribution in [2.75, 3.05) is 0 Å². The van der Waals surface area contributed by atoms with Crippen LogP contribution in [0.3, 0.4) is 0 Å². The molecule has 0 amide bonds. The van der Waals surface area contributed by atoms with E-state index in [0.29, 0.717) is 36.2 Å². The summed E-state index contributed by atoms with van der Waals surface area (Å²) in [7, 11) is 0. The average molecular weight is 266 g/mol. The van der Waals surface area contributed by atoms with Gasteiger partial charge in [-0.25, -0.2) is 4.79 Å². The van der Waals surface area contributed by atoms with Crippen LogP contribution in [0.2, 0.25) is 0 Å². The third-order valence-electron chi connectivity index (χ3n) is 4.65. The van der Waals surface area contributed by atoms with Crippen molar-refractivity contribution in [2.24, 2.45) is 17.8 Å². The maximum absolute atomic E-state index is 12.2. The van der Waals surface area contributed by atoms with Crippen molar-refractivity contribution in [3.63, 3.8) is 0 Å². The van der Waals surface area contributed by atoms with Gasteiger partial charge in [-0.15, -0.1) is 0 Å². The van der Waals surface area contributed by atoms with Gasteiger partial charge in [0.05, 0.1) is 5.57 Å². The van der Waals surface area contributed by atoms with Crippen LogP contribution in [-0.4, -0.2) is 17.2 Å². The van der Waals surface area contributed by atoms with Gasteiger partial charge < -0.3 is 9.84 Å². The van der Waals surface area contributed by atoms with Gasteiger partial charge in [0.15, 0.2) is 0 Å². The molecule has 0 heterocycles. The molecule has 0 bridgehead atoms. The molecular formula is C16H26O3. The number of hydrogen-bond acceptors (Lipinski definition) is 3. The van der Waals surface area contributed by atoms with E-state index in [2.05, 4.69) is 20.8 Å². The van der Waals surface area contributed by atoms with E-state index in [1.54, 1.807) is 0 Å². The number of aliphatic hydroxyl groups excluding tert-OH is 1. The summed E-state index contributed by atoms with van der Waals surface area (Å²) in [6, 6.07) is 0. The Bertz CT molecular complexity index is 370. The second kappa shape index (κ2) is 5.98. The molecule has 0 radical (unpaired) electrons. The number of carbonyl (C=O) groups is 1. The summed E-state index contributed by atoms with van der Waals surface area (Å²) < 4.78 is 5.73. The fourth-order valence-electron chi connectivity index (χ4n) is 3.41. The lowest BCUT2D eigenvalue weighted by molar-refractivity contribution is -0.151. The van der Waals surface area contributed by atoms with Crippen LogP contribution in [0.5, 0.6) is 0 Å². The van der Waals surface area contributed by atoms with Gasteiger partial charge in [-0.2, -0.15) is 0 Å². The van der Waals surface area contributed by atoms with Crippen molar-refractivity contribution in [3.05, 3.63) is 11.3 Å². The van der Waals surface area contributed by atoms with Gasteiger partial charge in [-0.1, -0.05) is 27.2 Å². The zero-order valence-electron chi connectivity index (χ0n) is 12.3. The number of rotatable bonds is 3. The number of aliphatic hydroxyl groups is 1. The SMILES string of the molecule is CC(C)[C@@H]1CC[C@@H](C)C[C@H]1OC(=O)C1=C(O)CCC1. The molecule has 0 aromatic heterocycles. The van der Waals surface area contributed by atoms with E-state index >= 15 is 0 Å². The molecule has 108 valence electrons. The van der Waals surface area contributed by atoms with Gasteiger partial charge in [0, 0.05) is 6.42 Å². The Labute approximate surface area is 116 Å². The first-order valence-electron chi connectivity index (χ1n) is 7.61. The lowest BCUT2D eigenvalue weighted by Gasteiger charge is -2.36. The molecule has 1 fully saturated rings. The molecular weight excluding hydrogens is 240 g/mol. The van der Waals surface area contributed by atoms with Crippen LogP contribution in [0, 0.1) is 17.8 Å². The summed E-state index contributed by atoms with van der Waals surface area (Å²) in [4.78, 5) is 12.2. The smallest absolute Gasteiger partial charge is 0.337 e. The first-order valence-corrected chi connectivity index (χ1v) is 7.61. The minimum absolute atomic E-state index is 0.0251. The van der Waals surface area contributed by atoms with Crippen LogP contribution < -0.4 is 0 Å². The molecule has 0 aromatic carbocycles. The molecule has 0 aliphatic heterocycles. The summed E-state index contributed by atoms with van der Waals surface area (Å²) in [5.74, 6) is 1.59. The zero-order valence-corrected chi connectivity index (χ0v) is 12.3. The molecule has 0 unspecified atom stereocenters. The summed E-state index contributed by atoms with van der Waals surface area (Å²) in [5.41, 5.74) is 0.515. The Kier molecular flexibility index (Phi) is 4.54. The topological polar surface area (TPSA) is 46.5 Å². The van der Waals surface area contributed by atoms with Crippen LogP contribution in [0.1, 0.15) is 59.3 Å². The van der Waals surface area contributed by atoms with Gasteiger partial charge >= 0.3 is 5.97 Å². The largest absolute Gasteiger partial charge is 0.512 e. The Morgan fingerprint density at radius 2 is 2.05 bits per heavy atom. The molecule has 0 saturated heterocycles. The van der Waals surface area contributed by atoms with Crippen LogP contribution in [0.15, 0.2) is 11.3 Å². The number of allylic oxidation sites excluding steroid dienone is 1. The van der Waals surface area contributed by atoms with E-state index in [-0.39, 0.29) is 17.8 Å². The first-order chi connectivity index (χ1) is 8.99. The van der Waals surface area contributed by atoms with Gasteiger partial charge in [-0.05, 0) is 43.4 Å². The van der Waals surface area contributed by atoms with Crippen molar-refractivity contribution in [3.8, 4) is 0 Å². The van der Waals surface area contributed by atoms with Crippen LogP contribution >= 0.6 is 0 Å². The fourth-order valence-corrected chi connectivity index (χ4v) is 3.41. The molecule has 2 rings (SSSR count). The molecule has 3 nitrogen and oxygen atoms in total. The van der Waals surface area contributed by atoms with Crippen molar-refractivity contribution in [1.29, 1.82) is 0 Å². The van der Waals surface area contributed by atoms with Crippen molar-refractivity contribution in [2.45, 2.75) is 65.4 Å². The number of esters is 1. The Morgan fingerprint density at radius 1 is 1.32 bits per heavy atom. The highest BCUT2D eigenvalue weighted by Gasteiger charge is 2.34. The molecule has 19 heavy (non-hydrogen) atoms. The number of ether oxygens (including phenoxy) is 1. The fraction of sp³-hybridized carbons (Fsp3) is 0.812. The minimum Gasteiger partial charge on any atom is -0.512 e. The minimum atomic E-state index is -0.278. The number of carbonyl (C=O) groups excluding carboxylic acids is 1. The molecule has 2 aliphatic rings. The normalized spacial score (nSPS) is 31.9. The van der Waals surface area contributed by atoms with Crippen LogP contribution in [0.25, 0.3) is 0 Å². The quantitative estimate of drug-likeness (QED) is 0.786. The summed E-state index contributed by atoms with van der Waals surface area (Å²) in [6.45, 7) is 6.63. The predicted octanol–water partition coefficient (Wildman–Crippen LogP) is 3.99. The van der Waals surface area contributed by atoms with E-state index in [9.17, 15) is 9.90 Å². The second-order valence-electron chi connectivity index (χ2n) is 6.55. The summed E-state index contributed by atoms with van der Waals surface area (Å²) in [5, 5.41) is 9.69. The highest BCUT2D eigenvalue weighted by molar-refractivity contribution is 5.89. The van der Waals surface area contributed by atoms with Crippen molar-refractivity contribution >= 4 is 5.97 Å². The van der Waals surface area contributed by atoms with E-state index in [1.807, 2.05) is 0 Å². The number of hydrogen-bond donors (Lipinski definition) is 1. The first kappa shape index (κ1) is 14.4. The highest BCUT2D eigenvalue weighted by atomic mass is 16.5. The van der Waals surface area contributed by atoms with Crippen LogP contribution in [0.4, 0.5) is 0 Å². The molecule has 3 heteroatoms. The third kappa shape index (κ3) is 3.31. The Balaban J connectivity index is 2.02. The van der Waals surface area contributed by atoms with Gasteiger partial charge in [0.25, 0.3) is 0 Å². The van der Waals surface area contributed by atoms with Crippen molar-refractivity contribution in [1.82, 2.24) is 0 Å². The third-order valence-corrected chi connectivity index (χ3v) is 4.65. The zero-order chi connectivity index (χ0) is 14.0. The summed E-state index contributed by atoms with van der Waals surface area (Å²) in [6.07, 6.45) is 5.51.